The molecule has 1 aliphatic heterocycles. The molecule has 1 aliphatic carbocycles. The van der Waals surface area contributed by atoms with Crippen LogP contribution in [0.2, 0.25) is 0 Å². The van der Waals surface area contributed by atoms with Crippen LogP contribution in [-0.4, -0.2) is 35.3 Å². The van der Waals surface area contributed by atoms with Crippen LogP contribution in [0.3, 0.4) is 0 Å². The molecule has 0 aromatic carbocycles. The number of carbonyl (C=O) groups excluding carboxylic acids is 2. The molecule has 1 heterocycles. The summed E-state index contributed by atoms with van der Waals surface area (Å²) in [6.07, 6.45) is 4.24. The van der Waals surface area contributed by atoms with Crippen molar-refractivity contribution in [2.45, 2.75) is 58.5 Å². The quantitative estimate of drug-likeness (QED) is 0.807. The second-order valence-corrected chi connectivity index (χ2v) is 5.95. The summed E-state index contributed by atoms with van der Waals surface area (Å²) in [5.74, 6) is 1.12. The first kappa shape index (κ1) is 13.4. The summed E-state index contributed by atoms with van der Waals surface area (Å²) in [6.45, 7) is 6.66. The van der Waals surface area contributed by atoms with Crippen molar-refractivity contribution in [3.05, 3.63) is 0 Å². The lowest BCUT2D eigenvalue weighted by molar-refractivity contribution is -0.147. The van der Waals surface area contributed by atoms with E-state index in [1.165, 1.54) is 0 Å². The molecular formula is C14H24N2O2. The monoisotopic (exact) mass is 252 g/mol. The van der Waals surface area contributed by atoms with Crippen molar-refractivity contribution >= 4 is 11.8 Å². The van der Waals surface area contributed by atoms with Gasteiger partial charge < -0.3 is 10.2 Å². The Morgan fingerprint density at radius 2 is 2.00 bits per heavy atom. The molecule has 0 aromatic heterocycles. The van der Waals surface area contributed by atoms with E-state index in [-0.39, 0.29) is 30.4 Å². The van der Waals surface area contributed by atoms with Gasteiger partial charge in [-0.05, 0) is 38.0 Å². The fraction of sp³-hybridized carbons (Fsp3) is 0.857. The molecule has 102 valence electrons. The van der Waals surface area contributed by atoms with Crippen molar-refractivity contribution in [3.63, 3.8) is 0 Å². The van der Waals surface area contributed by atoms with Crippen LogP contribution in [0.25, 0.3) is 0 Å². The highest BCUT2D eigenvalue weighted by atomic mass is 16.2. The molecule has 1 saturated carbocycles. The predicted octanol–water partition coefficient (Wildman–Crippen LogP) is 1.55. The van der Waals surface area contributed by atoms with Gasteiger partial charge in [0, 0.05) is 6.04 Å². The summed E-state index contributed by atoms with van der Waals surface area (Å²) in [5, 5.41) is 2.85. The van der Waals surface area contributed by atoms with Gasteiger partial charge in [-0.2, -0.15) is 0 Å². The van der Waals surface area contributed by atoms with Crippen LogP contribution >= 0.6 is 0 Å². The highest BCUT2D eigenvalue weighted by Gasteiger charge is 2.43. The van der Waals surface area contributed by atoms with E-state index in [0.29, 0.717) is 11.8 Å². The molecule has 2 fully saturated rings. The summed E-state index contributed by atoms with van der Waals surface area (Å²) in [5.41, 5.74) is 0. The molecule has 18 heavy (non-hydrogen) atoms. The molecule has 1 N–H and O–H groups in total. The summed E-state index contributed by atoms with van der Waals surface area (Å²) in [7, 11) is 0. The molecule has 2 amide bonds. The first-order valence-corrected chi connectivity index (χ1v) is 7.12. The normalized spacial score (nSPS) is 27.9. The smallest absolute Gasteiger partial charge is 0.246 e. The Morgan fingerprint density at radius 3 is 2.56 bits per heavy atom. The van der Waals surface area contributed by atoms with Crippen LogP contribution in [-0.2, 0) is 9.59 Å². The first-order valence-electron chi connectivity index (χ1n) is 7.12. The maximum Gasteiger partial charge on any atom is 0.246 e. The van der Waals surface area contributed by atoms with E-state index in [0.717, 1.165) is 25.7 Å². The third-order valence-corrected chi connectivity index (χ3v) is 4.25. The maximum atomic E-state index is 12.4. The molecule has 3 unspecified atom stereocenters. The van der Waals surface area contributed by atoms with Gasteiger partial charge in [-0.3, -0.25) is 9.59 Å². The number of carbonyl (C=O) groups is 2. The average molecular weight is 252 g/mol. The second kappa shape index (κ2) is 5.29. The lowest BCUT2D eigenvalue weighted by Gasteiger charge is -2.37. The van der Waals surface area contributed by atoms with E-state index < -0.39 is 0 Å². The molecule has 4 heteroatoms. The number of amides is 2. The van der Waals surface area contributed by atoms with Gasteiger partial charge in [-0.1, -0.05) is 20.3 Å². The molecular weight excluding hydrogens is 228 g/mol. The lowest BCUT2D eigenvalue weighted by Crippen LogP contribution is -2.61. The van der Waals surface area contributed by atoms with E-state index in [2.05, 4.69) is 26.1 Å². The Morgan fingerprint density at radius 1 is 1.33 bits per heavy atom. The van der Waals surface area contributed by atoms with Crippen LogP contribution < -0.4 is 5.32 Å². The minimum absolute atomic E-state index is 0.00232. The Bertz CT molecular complexity index is 339. The van der Waals surface area contributed by atoms with Crippen LogP contribution in [0.15, 0.2) is 0 Å². The summed E-state index contributed by atoms with van der Waals surface area (Å²) in [4.78, 5) is 25.9. The van der Waals surface area contributed by atoms with Crippen LogP contribution in [0, 0.1) is 11.8 Å². The Kier molecular flexibility index (Phi) is 3.93. The summed E-state index contributed by atoms with van der Waals surface area (Å²) in [6, 6.07) is -0.0783. The zero-order chi connectivity index (χ0) is 13.3. The van der Waals surface area contributed by atoms with Crippen molar-refractivity contribution in [2.24, 2.45) is 11.8 Å². The first-order chi connectivity index (χ1) is 8.52. The standard InChI is InChI=1S/C14H24N2O2/c1-4-9(2)7-10(3)16-8-12(17)15-13(14(16)18)11-5-6-11/h9-11,13H,4-8H2,1-3H3,(H,15,17). The van der Waals surface area contributed by atoms with Gasteiger partial charge in [0.15, 0.2) is 0 Å². The molecule has 3 atom stereocenters. The Balaban J connectivity index is 2.01. The van der Waals surface area contributed by atoms with Crippen LogP contribution in [0.1, 0.15) is 46.5 Å². The van der Waals surface area contributed by atoms with Gasteiger partial charge in [0.25, 0.3) is 0 Å². The summed E-state index contributed by atoms with van der Waals surface area (Å²) >= 11 is 0. The molecule has 0 aromatic rings. The Hall–Kier alpha value is -1.06. The van der Waals surface area contributed by atoms with Gasteiger partial charge in [0.05, 0.1) is 6.54 Å². The van der Waals surface area contributed by atoms with Gasteiger partial charge in [0.2, 0.25) is 11.8 Å². The molecule has 0 bridgehead atoms. The largest absolute Gasteiger partial charge is 0.342 e. The minimum Gasteiger partial charge on any atom is -0.342 e. The highest BCUT2D eigenvalue weighted by molar-refractivity contribution is 5.95. The van der Waals surface area contributed by atoms with E-state index in [1.54, 1.807) is 4.90 Å². The fourth-order valence-corrected chi connectivity index (χ4v) is 2.69. The topological polar surface area (TPSA) is 49.4 Å². The number of hydrogen-bond acceptors (Lipinski definition) is 2. The third-order valence-electron chi connectivity index (χ3n) is 4.25. The van der Waals surface area contributed by atoms with Gasteiger partial charge in [0.1, 0.15) is 6.04 Å². The Labute approximate surface area is 109 Å². The molecule has 0 radical (unpaired) electrons. The van der Waals surface area contributed by atoms with Gasteiger partial charge >= 0.3 is 0 Å². The van der Waals surface area contributed by atoms with Crippen LogP contribution in [0.4, 0.5) is 0 Å². The average Bonchev–Trinajstić information content (AvgIpc) is 3.15. The second-order valence-electron chi connectivity index (χ2n) is 5.95. The number of nitrogens with zero attached hydrogens (tertiary/aromatic N) is 1. The molecule has 2 rings (SSSR count). The van der Waals surface area contributed by atoms with Crippen molar-refractivity contribution in [3.8, 4) is 0 Å². The van der Waals surface area contributed by atoms with E-state index in [4.69, 9.17) is 0 Å². The number of hydrogen-bond donors (Lipinski definition) is 1. The third kappa shape index (κ3) is 2.85. The van der Waals surface area contributed by atoms with Crippen molar-refractivity contribution in [2.75, 3.05) is 6.54 Å². The fourth-order valence-electron chi connectivity index (χ4n) is 2.69. The van der Waals surface area contributed by atoms with E-state index >= 15 is 0 Å². The number of rotatable bonds is 5. The van der Waals surface area contributed by atoms with Crippen molar-refractivity contribution in [1.82, 2.24) is 10.2 Å². The zero-order valence-electron chi connectivity index (χ0n) is 11.6. The zero-order valence-corrected chi connectivity index (χ0v) is 11.6. The van der Waals surface area contributed by atoms with Crippen molar-refractivity contribution in [1.29, 1.82) is 0 Å². The minimum atomic E-state index is -0.245. The van der Waals surface area contributed by atoms with E-state index in [9.17, 15) is 9.59 Å². The SMILES string of the molecule is CCC(C)CC(C)N1CC(=O)NC(C2CC2)C1=O. The van der Waals surface area contributed by atoms with Gasteiger partial charge in [-0.25, -0.2) is 0 Å². The highest BCUT2D eigenvalue weighted by Crippen LogP contribution is 2.34. The number of piperazine rings is 1. The summed E-state index contributed by atoms with van der Waals surface area (Å²) < 4.78 is 0. The van der Waals surface area contributed by atoms with Crippen LogP contribution in [0.5, 0.6) is 0 Å². The predicted molar refractivity (Wildman–Crippen MR) is 69.9 cm³/mol. The molecule has 4 nitrogen and oxygen atoms in total. The van der Waals surface area contributed by atoms with E-state index in [1.807, 2.05) is 0 Å². The molecule has 1 saturated heterocycles. The number of nitrogens with one attached hydrogen (secondary N) is 1. The molecule has 0 spiro atoms. The van der Waals surface area contributed by atoms with Gasteiger partial charge in [-0.15, -0.1) is 0 Å². The van der Waals surface area contributed by atoms with Crippen molar-refractivity contribution < 1.29 is 9.59 Å². The lowest BCUT2D eigenvalue weighted by atomic mass is 9.97. The maximum absolute atomic E-state index is 12.4. The molecule has 2 aliphatic rings.